The topological polar surface area (TPSA) is 45.6 Å². The Labute approximate surface area is 149 Å². The fourth-order valence-corrected chi connectivity index (χ4v) is 1.92. The molecule has 0 amide bonds. The maximum Gasteiger partial charge on any atom is 0.190 e. The summed E-state index contributed by atoms with van der Waals surface area (Å²) in [5.41, 5.74) is 0.981. The van der Waals surface area contributed by atoms with Crippen molar-refractivity contribution in [3.05, 3.63) is 35.6 Å². The Morgan fingerprint density at radius 1 is 1.23 bits per heavy atom. The summed E-state index contributed by atoms with van der Waals surface area (Å²) >= 11 is 0. The number of rotatable bonds is 9. The Bertz CT molecular complexity index is 430. The standard InChI is InChI=1S/C16H26FN3O.HI/c1-3-21-12-5-4-10-19-16(18-2)20-11-9-14-7-6-8-15(17)13-14;/h6-8,13H,3-5,9-12H2,1-2H3,(H2,18,19,20);1H. The fraction of sp³-hybridized carbons (Fsp3) is 0.562. The first-order valence-electron chi connectivity index (χ1n) is 7.53. The summed E-state index contributed by atoms with van der Waals surface area (Å²) in [5, 5.41) is 6.48. The van der Waals surface area contributed by atoms with E-state index < -0.39 is 0 Å². The van der Waals surface area contributed by atoms with E-state index in [4.69, 9.17) is 4.74 Å². The molecular formula is C16H27FIN3O. The number of hydrogen-bond donors (Lipinski definition) is 2. The van der Waals surface area contributed by atoms with Gasteiger partial charge in [0.15, 0.2) is 5.96 Å². The second-order valence-electron chi connectivity index (χ2n) is 4.71. The summed E-state index contributed by atoms with van der Waals surface area (Å²) in [7, 11) is 1.75. The molecule has 0 aliphatic carbocycles. The zero-order valence-electron chi connectivity index (χ0n) is 13.4. The van der Waals surface area contributed by atoms with Crippen LogP contribution >= 0.6 is 24.0 Å². The minimum atomic E-state index is -0.190. The van der Waals surface area contributed by atoms with Gasteiger partial charge in [-0.15, -0.1) is 24.0 Å². The minimum absolute atomic E-state index is 0. The molecule has 0 aliphatic heterocycles. The third kappa shape index (κ3) is 9.94. The van der Waals surface area contributed by atoms with Gasteiger partial charge in [0.1, 0.15) is 5.82 Å². The van der Waals surface area contributed by atoms with Gasteiger partial charge in [0.2, 0.25) is 0 Å². The zero-order chi connectivity index (χ0) is 15.3. The first kappa shape index (κ1) is 21.1. The van der Waals surface area contributed by atoms with Crippen molar-refractivity contribution in [2.75, 3.05) is 33.4 Å². The Balaban J connectivity index is 0.00000441. The molecule has 0 saturated heterocycles. The maximum absolute atomic E-state index is 13.0. The number of guanidine groups is 1. The molecule has 1 aromatic rings. The van der Waals surface area contributed by atoms with Gasteiger partial charge in [-0.25, -0.2) is 4.39 Å². The molecule has 0 radical (unpaired) electrons. The van der Waals surface area contributed by atoms with Gasteiger partial charge in [0.25, 0.3) is 0 Å². The van der Waals surface area contributed by atoms with E-state index in [0.29, 0.717) is 0 Å². The lowest BCUT2D eigenvalue weighted by molar-refractivity contribution is 0.143. The van der Waals surface area contributed by atoms with Gasteiger partial charge < -0.3 is 15.4 Å². The fourth-order valence-electron chi connectivity index (χ4n) is 1.92. The Hall–Kier alpha value is -0.890. The van der Waals surface area contributed by atoms with Crippen molar-refractivity contribution >= 4 is 29.9 Å². The molecule has 0 bridgehead atoms. The molecule has 0 saturated carbocycles. The maximum atomic E-state index is 13.0. The van der Waals surface area contributed by atoms with E-state index in [9.17, 15) is 4.39 Å². The highest BCUT2D eigenvalue weighted by molar-refractivity contribution is 14.0. The van der Waals surface area contributed by atoms with Crippen LogP contribution in [0.4, 0.5) is 4.39 Å². The van der Waals surface area contributed by atoms with E-state index in [1.54, 1.807) is 19.2 Å². The van der Waals surface area contributed by atoms with Crippen LogP contribution < -0.4 is 10.6 Å². The summed E-state index contributed by atoms with van der Waals surface area (Å²) in [6.45, 7) is 5.18. The van der Waals surface area contributed by atoms with Crippen LogP contribution in [0.1, 0.15) is 25.3 Å². The van der Waals surface area contributed by atoms with Crippen molar-refractivity contribution < 1.29 is 9.13 Å². The van der Waals surface area contributed by atoms with Gasteiger partial charge >= 0.3 is 0 Å². The van der Waals surface area contributed by atoms with Gasteiger partial charge in [-0.3, -0.25) is 4.99 Å². The van der Waals surface area contributed by atoms with Crippen molar-refractivity contribution in [3.63, 3.8) is 0 Å². The van der Waals surface area contributed by atoms with Gasteiger partial charge in [-0.2, -0.15) is 0 Å². The summed E-state index contributed by atoms with van der Waals surface area (Å²) in [6.07, 6.45) is 2.86. The number of benzene rings is 1. The quantitative estimate of drug-likeness (QED) is 0.278. The van der Waals surface area contributed by atoms with Crippen LogP contribution in [-0.4, -0.2) is 39.3 Å². The van der Waals surface area contributed by atoms with Crippen molar-refractivity contribution in [2.24, 2.45) is 4.99 Å². The lowest BCUT2D eigenvalue weighted by Crippen LogP contribution is -2.38. The predicted molar refractivity (Wildman–Crippen MR) is 101 cm³/mol. The van der Waals surface area contributed by atoms with E-state index in [0.717, 1.165) is 57.1 Å². The predicted octanol–water partition coefficient (Wildman–Crippen LogP) is 2.97. The summed E-state index contributed by atoms with van der Waals surface area (Å²) in [6, 6.07) is 6.68. The van der Waals surface area contributed by atoms with Crippen molar-refractivity contribution in [3.8, 4) is 0 Å². The number of ether oxygens (including phenoxy) is 1. The average Bonchev–Trinajstić information content (AvgIpc) is 2.49. The van der Waals surface area contributed by atoms with E-state index in [1.807, 2.05) is 13.0 Å². The molecule has 0 aromatic heterocycles. The lowest BCUT2D eigenvalue weighted by Gasteiger charge is -2.11. The van der Waals surface area contributed by atoms with Crippen molar-refractivity contribution in [2.45, 2.75) is 26.2 Å². The molecular weight excluding hydrogens is 396 g/mol. The molecule has 1 rings (SSSR count). The number of unbranched alkanes of at least 4 members (excludes halogenated alkanes) is 1. The van der Waals surface area contributed by atoms with Crippen LogP contribution in [0.5, 0.6) is 0 Å². The van der Waals surface area contributed by atoms with Crippen LogP contribution in [0, 0.1) is 5.82 Å². The van der Waals surface area contributed by atoms with E-state index in [2.05, 4.69) is 15.6 Å². The van der Waals surface area contributed by atoms with Crippen LogP contribution in [-0.2, 0) is 11.2 Å². The molecule has 0 unspecified atom stereocenters. The molecule has 4 nitrogen and oxygen atoms in total. The first-order chi connectivity index (χ1) is 10.3. The Morgan fingerprint density at radius 2 is 2.00 bits per heavy atom. The number of nitrogens with zero attached hydrogens (tertiary/aromatic N) is 1. The zero-order valence-corrected chi connectivity index (χ0v) is 15.7. The molecule has 0 aliphatic rings. The van der Waals surface area contributed by atoms with Gasteiger partial charge in [-0.1, -0.05) is 12.1 Å². The number of aliphatic imine (C=N–C) groups is 1. The van der Waals surface area contributed by atoms with Crippen LogP contribution in [0.2, 0.25) is 0 Å². The van der Waals surface area contributed by atoms with Crippen LogP contribution in [0.25, 0.3) is 0 Å². The lowest BCUT2D eigenvalue weighted by atomic mass is 10.1. The van der Waals surface area contributed by atoms with E-state index >= 15 is 0 Å². The summed E-state index contributed by atoms with van der Waals surface area (Å²) < 4.78 is 18.3. The SMILES string of the molecule is CCOCCCCNC(=NC)NCCc1cccc(F)c1.I. The number of hydrogen-bond acceptors (Lipinski definition) is 2. The van der Waals surface area contributed by atoms with Gasteiger partial charge in [-0.05, 0) is 43.9 Å². The molecule has 6 heteroatoms. The van der Waals surface area contributed by atoms with E-state index in [-0.39, 0.29) is 29.8 Å². The monoisotopic (exact) mass is 423 g/mol. The minimum Gasteiger partial charge on any atom is -0.382 e. The van der Waals surface area contributed by atoms with Crippen LogP contribution in [0.3, 0.4) is 0 Å². The average molecular weight is 423 g/mol. The Kier molecular flexibility index (Phi) is 13.2. The smallest absolute Gasteiger partial charge is 0.190 e. The van der Waals surface area contributed by atoms with Crippen LogP contribution in [0.15, 0.2) is 29.3 Å². The number of nitrogens with one attached hydrogen (secondary N) is 2. The molecule has 22 heavy (non-hydrogen) atoms. The second-order valence-corrected chi connectivity index (χ2v) is 4.71. The highest BCUT2D eigenvalue weighted by Gasteiger charge is 1.99. The highest BCUT2D eigenvalue weighted by Crippen LogP contribution is 2.03. The molecule has 0 spiro atoms. The summed E-state index contributed by atoms with van der Waals surface area (Å²) in [5.74, 6) is 0.590. The third-order valence-electron chi connectivity index (χ3n) is 3.03. The molecule has 2 N–H and O–H groups in total. The summed E-state index contributed by atoms with van der Waals surface area (Å²) in [4.78, 5) is 4.16. The Morgan fingerprint density at radius 3 is 2.68 bits per heavy atom. The molecule has 0 atom stereocenters. The van der Waals surface area contributed by atoms with Gasteiger partial charge in [0.05, 0.1) is 0 Å². The molecule has 126 valence electrons. The largest absolute Gasteiger partial charge is 0.382 e. The normalized spacial score (nSPS) is 11.0. The van der Waals surface area contributed by atoms with Gasteiger partial charge in [0, 0.05) is 33.4 Å². The molecule has 0 fully saturated rings. The first-order valence-corrected chi connectivity index (χ1v) is 7.53. The van der Waals surface area contributed by atoms with Crippen molar-refractivity contribution in [1.82, 2.24) is 10.6 Å². The second kappa shape index (κ2) is 13.8. The molecule has 1 aromatic carbocycles. The third-order valence-corrected chi connectivity index (χ3v) is 3.03. The van der Waals surface area contributed by atoms with Crippen molar-refractivity contribution in [1.29, 1.82) is 0 Å². The highest BCUT2D eigenvalue weighted by atomic mass is 127. The van der Waals surface area contributed by atoms with E-state index in [1.165, 1.54) is 6.07 Å². The number of halogens is 2. The molecule has 0 heterocycles.